The number of rotatable bonds is 7. The SMILES string of the molecule is CCCNC1CCCCC1N(CC)Cc1ccccn1. The number of nitrogens with one attached hydrogen (secondary N) is 1. The summed E-state index contributed by atoms with van der Waals surface area (Å²) < 4.78 is 0. The average molecular weight is 275 g/mol. The van der Waals surface area contributed by atoms with Gasteiger partial charge < -0.3 is 5.32 Å². The number of hydrogen-bond acceptors (Lipinski definition) is 3. The van der Waals surface area contributed by atoms with Crippen LogP contribution < -0.4 is 5.32 Å². The molecular weight excluding hydrogens is 246 g/mol. The smallest absolute Gasteiger partial charge is 0.0544 e. The van der Waals surface area contributed by atoms with E-state index in [1.807, 2.05) is 12.3 Å². The van der Waals surface area contributed by atoms with E-state index in [4.69, 9.17) is 0 Å². The second-order valence-electron chi connectivity index (χ2n) is 5.80. The first-order chi connectivity index (χ1) is 9.85. The molecule has 2 unspecified atom stereocenters. The van der Waals surface area contributed by atoms with E-state index in [9.17, 15) is 0 Å². The Labute approximate surface area is 123 Å². The monoisotopic (exact) mass is 275 g/mol. The Kier molecular flexibility index (Phi) is 6.48. The number of likely N-dealkylation sites (N-methyl/N-ethyl adjacent to an activating group) is 1. The normalized spacial score (nSPS) is 23.1. The van der Waals surface area contributed by atoms with Crippen LogP contribution in [0.3, 0.4) is 0 Å². The van der Waals surface area contributed by atoms with Crippen LogP contribution in [0, 0.1) is 0 Å². The minimum Gasteiger partial charge on any atom is -0.312 e. The minimum atomic E-state index is 0.660. The van der Waals surface area contributed by atoms with Gasteiger partial charge in [-0.3, -0.25) is 9.88 Å². The third-order valence-corrected chi connectivity index (χ3v) is 4.35. The van der Waals surface area contributed by atoms with Crippen LogP contribution in [0.5, 0.6) is 0 Å². The molecule has 0 bridgehead atoms. The zero-order valence-corrected chi connectivity index (χ0v) is 13.0. The van der Waals surface area contributed by atoms with E-state index in [0.717, 1.165) is 19.6 Å². The van der Waals surface area contributed by atoms with Crippen molar-refractivity contribution in [1.82, 2.24) is 15.2 Å². The summed E-state index contributed by atoms with van der Waals surface area (Å²) in [6.07, 6.45) is 8.50. The molecule has 0 radical (unpaired) electrons. The molecule has 1 aliphatic rings. The highest BCUT2D eigenvalue weighted by Gasteiger charge is 2.28. The van der Waals surface area contributed by atoms with Crippen molar-refractivity contribution in [1.29, 1.82) is 0 Å². The molecule has 3 nitrogen and oxygen atoms in total. The van der Waals surface area contributed by atoms with Crippen LogP contribution in [-0.2, 0) is 6.54 Å². The van der Waals surface area contributed by atoms with E-state index in [2.05, 4.69) is 41.2 Å². The van der Waals surface area contributed by atoms with Gasteiger partial charge in [0.2, 0.25) is 0 Å². The standard InChI is InChI=1S/C17H29N3/c1-3-12-19-16-10-5-6-11-17(16)20(4-2)14-15-9-7-8-13-18-15/h7-9,13,16-17,19H,3-6,10-12,14H2,1-2H3. The van der Waals surface area contributed by atoms with Gasteiger partial charge in [-0.1, -0.05) is 32.8 Å². The fourth-order valence-corrected chi connectivity index (χ4v) is 3.28. The van der Waals surface area contributed by atoms with Crippen molar-refractivity contribution in [3.05, 3.63) is 30.1 Å². The van der Waals surface area contributed by atoms with Gasteiger partial charge in [-0.05, 0) is 44.5 Å². The van der Waals surface area contributed by atoms with Crippen LogP contribution in [0.1, 0.15) is 51.6 Å². The van der Waals surface area contributed by atoms with Crippen molar-refractivity contribution in [2.24, 2.45) is 0 Å². The predicted molar refractivity (Wildman–Crippen MR) is 84.7 cm³/mol. The number of nitrogens with zero attached hydrogens (tertiary/aromatic N) is 2. The number of aromatic nitrogens is 1. The highest BCUT2D eigenvalue weighted by molar-refractivity contribution is 5.04. The summed E-state index contributed by atoms with van der Waals surface area (Å²) in [5.41, 5.74) is 1.19. The summed E-state index contributed by atoms with van der Waals surface area (Å²) in [5.74, 6) is 0. The lowest BCUT2D eigenvalue weighted by Gasteiger charge is -2.40. The molecule has 1 aromatic heterocycles. The van der Waals surface area contributed by atoms with Crippen LogP contribution in [-0.4, -0.2) is 35.1 Å². The average Bonchev–Trinajstić information content (AvgIpc) is 2.52. The second kappa shape index (κ2) is 8.38. The number of hydrogen-bond donors (Lipinski definition) is 1. The molecule has 2 atom stereocenters. The lowest BCUT2D eigenvalue weighted by atomic mass is 9.89. The maximum absolute atomic E-state index is 4.49. The topological polar surface area (TPSA) is 28.2 Å². The molecule has 0 amide bonds. The Hall–Kier alpha value is -0.930. The van der Waals surface area contributed by atoms with E-state index in [1.165, 1.54) is 37.8 Å². The molecular formula is C17H29N3. The van der Waals surface area contributed by atoms with Crippen molar-refractivity contribution in [2.45, 2.75) is 64.6 Å². The first-order valence-corrected chi connectivity index (χ1v) is 8.22. The van der Waals surface area contributed by atoms with Gasteiger partial charge in [0.05, 0.1) is 5.69 Å². The maximum Gasteiger partial charge on any atom is 0.0544 e. The largest absolute Gasteiger partial charge is 0.312 e. The molecule has 0 saturated heterocycles. The minimum absolute atomic E-state index is 0.660. The molecule has 1 N–H and O–H groups in total. The highest BCUT2D eigenvalue weighted by atomic mass is 15.2. The van der Waals surface area contributed by atoms with E-state index in [0.29, 0.717) is 12.1 Å². The predicted octanol–water partition coefficient (Wildman–Crippen LogP) is 3.21. The number of pyridine rings is 1. The van der Waals surface area contributed by atoms with Crippen molar-refractivity contribution in [2.75, 3.05) is 13.1 Å². The van der Waals surface area contributed by atoms with E-state index in [1.54, 1.807) is 0 Å². The molecule has 1 aliphatic carbocycles. The molecule has 2 rings (SSSR count). The Morgan fingerprint density at radius 2 is 2.10 bits per heavy atom. The van der Waals surface area contributed by atoms with Gasteiger partial charge in [-0.2, -0.15) is 0 Å². The Balaban J connectivity index is 1.99. The van der Waals surface area contributed by atoms with E-state index < -0.39 is 0 Å². The van der Waals surface area contributed by atoms with Gasteiger partial charge in [0.25, 0.3) is 0 Å². The van der Waals surface area contributed by atoms with Crippen molar-refractivity contribution in [3.63, 3.8) is 0 Å². The van der Waals surface area contributed by atoms with E-state index >= 15 is 0 Å². The van der Waals surface area contributed by atoms with Crippen molar-refractivity contribution >= 4 is 0 Å². The first kappa shape index (κ1) is 15.5. The van der Waals surface area contributed by atoms with Gasteiger partial charge in [-0.15, -0.1) is 0 Å². The second-order valence-corrected chi connectivity index (χ2v) is 5.80. The molecule has 3 heteroatoms. The van der Waals surface area contributed by atoms with Crippen LogP contribution >= 0.6 is 0 Å². The van der Waals surface area contributed by atoms with Crippen LogP contribution in [0.4, 0.5) is 0 Å². The van der Waals surface area contributed by atoms with E-state index in [-0.39, 0.29) is 0 Å². The molecule has 20 heavy (non-hydrogen) atoms. The van der Waals surface area contributed by atoms with Crippen molar-refractivity contribution in [3.8, 4) is 0 Å². The lowest BCUT2D eigenvalue weighted by molar-refractivity contribution is 0.119. The van der Waals surface area contributed by atoms with Gasteiger partial charge in [-0.25, -0.2) is 0 Å². The summed E-state index contributed by atoms with van der Waals surface area (Å²) in [4.78, 5) is 7.09. The Bertz CT molecular complexity index is 366. The summed E-state index contributed by atoms with van der Waals surface area (Å²) in [5, 5.41) is 3.76. The summed E-state index contributed by atoms with van der Waals surface area (Å²) >= 11 is 0. The maximum atomic E-state index is 4.49. The molecule has 1 fully saturated rings. The summed E-state index contributed by atoms with van der Waals surface area (Å²) in [6.45, 7) is 7.74. The van der Waals surface area contributed by atoms with Gasteiger partial charge in [0.15, 0.2) is 0 Å². The molecule has 0 aliphatic heterocycles. The molecule has 1 aromatic rings. The zero-order valence-electron chi connectivity index (χ0n) is 13.0. The third-order valence-electron chi connectivity index (χ3n) is 4.35. The zero-order chi connectivity index (χ0) is 14.2. The molecule has 0 aromatic carbocycles. The molecule has 1 saturated carbocycles. The summed E-state index contributed by atoms with van der Waals surface area (Å²) in [7, 11) is 0. The van der Waals surface area contributed by atoms with Gasteiger partial charge >= 0.3 is 0 Å². The fourth-order valence-electron chi connectivity index (χ4n) is 3.28. The summed E-state index contributed by atoms with van der Waals surface area (Å²) in [6, 6.07) is 7.55. The third kappa shape index (κ3) is 4.29. The van der Waals surface area contributed by atoms with Crippen LogP contribution in [0.2, 0.25) is 0 Å². The molecule has 0 spiro atoms. The van der Waals surface area contributed by atoms with Gasteiger partial charge in [0.1, 0.15) is 0 Å². The molecule has 1 heterocycles. The van der Waals surface area contributed by atoms with Gasteiger partial charge in [0, 0.05) is 24.8 Å². The fraction of sp³-hybridized carbons (Fsp3) is 0.706. The molecule has 112 valence electrons. The van der Waals surface area contributed by atoms with Crippen molar-refractivity contribution < 1.29 is 0 Å². The van der Waals surface area contributed by atoms with Crippen LogP contribution in [0.25, 0.3) is 0 Å². The van der Waals surface area contributed by atoms with Crippen LogP contribution in [0.15, 0.2) is 24.4 Å². The Morgan fingerprint density at radius 3 is 2.80 bits per heavy atom. The lowest BCUT2D eigenvalue weighted by Crippen LogP contribution is -2.51. The Morgan fingerprint density at radius 1 is 1.25 bits per heavy atom. The highest BCUT2D eigenvalue weighted by Crippen LogP contribution is 2.24. The first-order valence-electron chi connectivity index (χ1n) is 8.22. The quantitative estimate of drug-likeness (QED) is 0.828.